The summed E-state index contributed by atoms with van der Waals surface area (Å²) in [4.78, 5) is 29.5. The summed E-state index contributed by atoms with van der Waals surface area (Å²) in [7, 11) is 8.36. The van der Waals surface area contributed by atoms with Crippen molar-refractivity contribution in [1.82, 2.24) is 9.80 Å². The van der Waals surface area contributed by atoms with Crippen LogP contribution in [0.5, 0.6) is 17.2 Å². The van der Waals surface area contributed by atoms with E-state index >= 15 is 0 Å². The summed E-state index contributed by atoms with van der Waals surface area (Å²) in [5, 5.41) is 11.1. The molecule has 1 aliphatic heterocycles. The maximum absolute atomic E-state index is 13.1. The van der Waals surface area contributed by atoms with E-state index < -0.39 is 17.7 Å². The van der Waals surface area contributed by atoms with Crippen molar-refractivity contribution >= 4 is 17.4 Å². The molecule has 0 aliphatic carbocycles. The van der Waals surface area contributed by atoms with Crippen LogP contribution in [0.3, 0.4) is 0 Å². The van der Waals surface area contributed by atoms with Gasteiger partial charge in [0.25, 0.3) is 11.7 Å². The molecule has 0 spiro atoms. The van der Waals surface area contributed by atoms with E-state index in [4.69, 9.17) is 14.2 Å². The van der Waals surface area contributed by atoms with Gasteiger partial charge < -0.3 is 29.1 Å². The number of likely N-dealkylation sites (N-methyl/N-ethyl adjacent to an activating group) is 1. The molecule has 1 heterocycles. The molecule has 0 unspecified atom stereocenters. The average Bonchev–Trinajstić information content (AvgIpc) is 3.06. The van der Waals surface area contributed by atoms with Gasteiger partial charge in [-0.1, -0.05) is 0 Å². The number of Topliss-reactive ketones (excluding diaryl/α,β-unsaturated/α-hetero) is 1. The van der Waals surface area contributed by atoms with Crippen molar-refractivity contribution in [2.45, 2.75) is 6.04 Å². The molecule has 2 aromatic carbocycles. The predicted molar refractivity (Wildman–Crippen MR) is 120 cm³/mol. The van der Waals surface area contributed by atoms with Gasteiger partial charge in [0.05, 0.1) is 32.9 Å². The van der Waals surface area contributed by atoms with Crippen LogP contribution >= 0.6 is 0 Å². The third kappa shape index (κ3) is 4.40. The molecule has 8 heteroatoms. The number of carbonyl (C=O) groups is 2. The number of aliphatic hydroxyl groups is 1. The molecule has 0 saturated carbocycles. The van der Waals surface area contributed by atoms with Crippen molar-refractivity contribution < 1.29 is 28.9 Å². The van der Waals surface area contributed by atoms with Crippen LogP contribution in [0.2, 0.25) is 0 Å². The number of ketones is 1. The van der Waals surface area contributed by atoms with Crippen LogP contribution in [0.25, 0.3) is 5.76 Å². The topological polar surface area (TPSA) is 88.5 Å². The van der Waals surface area contributed by atoms with Crippen LogP contribution in [-0.4, -0.2) is 75.1 Å². The fourth-order valence-corrected chi connectivity index (χ4v) is 3.70. The van der Waals surface area contributed by atoms with E-state index in [2.05, 4.69) is 0 Å². The minimum absolute atomic E-state index is 0.00507. The highest BCUT2D eigenvalue weighted by molar-refractivity contribution is 6.46. The van der Waals surface area contributed by atoms with Crippen molar-refractivity contribution in [3.63, 3.8) is 0 Å². The van der Waals surface area contributed by atoms with Crippen molar-refractivity contribution in [1.29, 1.82) is 0 Å². The van der Waals surface area contributed by atoms with E-state index in [-0.39, 0.29) is 11.3 Å². The standard InChI is InChI=1S/C24H28N2O6/c1-25(2)12-13-26-21(18-14-17(31-4)10-11-19(18)32-5)20(23(28)24(26)29)22(27)15-6-8-16(30-3)9-7-15/h6-11,14,21,27H,12-13H2,1-5H3/b22-20+/t21-/m0/s1. The second-order valence-corrected chi connectivity index (χ2v) is 7.63. The number of rotatable bonds is 8. The normalized spacial score (nSPS) is 17.7. The zero-order valence-electron chi connectivity index (χ0n) is 18.9. The lowest BCUT2D eigenvalue weighted by atomic mass is 9.94. The molecule has 32 heavy (non-hydrogen) atoms. The number of aliphatic hydroxyl groups excluding tert-OH is 1. The van der Waals surface area contributed by atoms with Crippen LogP contribution < -0.4 is 14.2 Å². The van der Waals surface area contributed by atoms with Gasteiger partial charge in [-0.25, -0.2) is 0 Å². The quantitative estimate of drug-likeness (QED) is 0.384. The van der Waals surface area contributed by atoms with Crippen LogP contribution in [0, 0.1) is 0 Å². The molecule has 1 N–H and O–H groups in total. The number of nitrogens with zero attached hydrogens (tertiary/aromatic N) is 2. The molecule has 170 valence electrons. The average molecular weight is 440 g/mol. The molecule has 0 aromatic heterocycles. The summed E-state index contributed by atoms with van der Waals surface area (Å²) in [5.41, 5.74) is 0.966. The lowest BCUT2D eigenvalue weighted by Crippen LogP contribution is -2.35. The highest BCUT2D eigenvalue weighted by Gasteiger charge is 2.47. The predicted octanol–water partition coefficient (Wildman–Crippen LogP) is 2.70. The van der Waals surface area contributed by atoms with E-state index in [1.54, 1.807) is 49.6 Å². The first-order valence-corrected chi connectivity index (χ1v) is 10.1. The molecule has 1 saturated heterocycles. The first kappa shape index (κ1) is 23.1. The van der Waals surface area contributed by atoms with Gasteiger partial charge in [-0.05, 0) is 56.6 Å². The Bertz CT molecular complexity index is 1030. The Morgan fingerprint density at radius 2 is 1.59 bits per heavy atom. The minimum atomic E-state index is -0.831. The fraction of sp³-hybridized carbons (Fsp3) is 0.333. The Balaban J connectivity index is 2.21. The van der Waals surface area contributed by atoms with E-state index in [0.29, 0.717) is 41.5 Å². The molecule has 0 bridgehead atoms. The maximum Gasteiger partial charge on any atom is 0.295 e. The molecule has 1 atom stereocenters. The molecule has 3 rings (SSSR count). The molecule has 8 nitrogen and oxygen atoms in total. The third-order valence-corrected chi connectivity index (χ3v) is 5.42. The second-order valence-electron chi connectivity index (χ2n) is 7.63. The number of ether oxygens (including phenoxy) is 3. The summed E-state index contributed by atoms with van der Waals surface area (Å²) < 4.78 is 16.1. The summed E-state index contributed by atoms with van der Waals surface area (Å²) in [6, 6.07) is 11.0. The summed E-state index contributed by atoms with van der Waals surface area (Å²) in [5.74, 6) is -0.0346. The van der Waals surface area contributed by atoms with E-state index in [1.165, 1.54) is 19.1 Å². The largest absolute Gasteiger partial charge is 0.507 e. The first-order chi connectivity index (χ1) is 15.3. The van der Waals surface area contributed by atoms with Crippen molar-refractivity contribution in [3.05, 3.63) is 59.2 Å². The smallest absolute Gasteiger partial charge is 0.295 e. The number of amides is 1. The number of hydrogen-bond donors (Lipinski definition) is 1. The molecule has 2 aromatic rings. The number of carbonyl (C=O) groups excluding carboxylic acids is 2. The number of benzene rings is 2. The van der Waals surface area contributed by atoms with Gasteiger partial charge in [-0.15, -0.1) is 0 Å². The van der Waals surface area contributed by atoms with Gasteiger partial charge in [0.1, 0.15) is 23.0 Å². The van der Waals surface area contributed by atoms with Crippen LogP contribution in [0.4, 0.5) is 0 Å². The fourth-order valence-electron chi connectivity index (χ4n) is 3.70. The van der Waals surface area contributed by atoms with Gasteiger partial charge in [0.15, 0.2) is 0 Å². The van der Waals surface area contributed by atoms with Gasteiger partial charge in [0, 0.05) is 24.2 Å². The lowest BCUT2D eigenvalue weighted by molar-refractivity contribution is -0.140. The Kier molecular flexibility index (Phi) is 7.05. The Morgan fingerprint density at radius 3 is 2.16 bits per heavy atom. The third-order valence-electron chi connectivity index (χ3n) is 5.42. The Morgan fingerprint density at radius 1 is 0.969 bits per heavy atom. The van der Waals surface area contributed by atoms with Crippen LogP contribution in [0.15, 0.2) is 48.0 Å². The van der Waals surface area contributed by atoms with E-state index in [1.807, 2.05) is 19.0 Å². The van der Waals surface area contributed by atoms with Gasteiger partial charge in [-0.3, -0.25) is 9.59 Å². The summed E-state index contributed by atoms with van der Waals surface area (Å²) in [6.07, 6.45) is 0. The number of methoxy groups -OCH3 is 3. The zero-order valence-corrected chi connectivity index (χ0v) is 18.9. The highest BCUT2D eigenvalue weighted by Crippen LogP contribution is 2.43. The van der Waals surface area contributed by atoms with E-state index in [9.17, 15) is 14.7 Å². The molecular formula is C24H28N2O6. The molecule has 1 aliphatic rings. The highest BCUT2D eigenvalue weighted by atomic mass is 16.5. The lowest BCUT2D eigenvalue weighted by Gasteiger charge is -2.28. The monoisotopic (exact) mass is 440 g/mol. The minimum Gasteiger partial charge on any atom is -0.507 e. The van der Waals surface area contributed by atoms with E-state index in [0.717, 1.165) is 0 Å². The molecule has 1 amide bonds. The van der Waals surface area contributed by atoms with Crippen molar-refractivity contribution in [2.75, 3.05) is 48.5 Å². The van der Waals surface area contributed by atoms with Gasteiger partial charge in [0.2, 0.25) is 0 Å². The van der Waals surface area contributed by atoms with Crippen LogP contribution in [-0.2, 0) is 9.59 Å². The first-order valence-electron chi connectivity index (χ1n) is 10.1. The van der Waals surface area contributed by atoms with Crippen molar-refractivity contribution in [2.24, 2.45) is 0 Å². The number of hydrogen-bond acceptors (Lipinski definition) is 7. The summed E-state index contributed by atoms with van der Waals surface area (Å²) >= 11 is 0. The maximum atomic E-state index is 13.1. The van der Waals surface area contributed by atoms with Gasteiger partial charge in [-0.2, -0.15) is 0 Å². The second kappa shape index (κ2) is 9.74. The Labute approximate surface area is 187 Å². The number of likely N-dealkylation sites (tertiary alicyclic amines) is 1. The van der Waals surface area contributed by atoms with Crippen LogP contribution in [0.1, 0.15) is 17.2 Å². The molecule has 1 fully saturated rings. The SMILES string of the molecule is COc1ccc(/C(O)=C2\C(=O)C(=O)N(CCN(C)C)[C@H]2c2cc(OC)ccc2OC)cc1. The zero-order chi connectivity index (χ0) is 23.4. The molecular weight excluding hydrogens is 412 g/mol. The van der Waals surface area contributed by atoms with Gasteiger partial charge >= 0.3 is 0 Å². The Hall–Kier alpha value is -3.52. The molecule has 0 radical (unpaired) electrons. The van der Waals surface area contributed by atoms with Crippen molar-refractivity contribution in [3.8, 4) is 17.2 Å². The summed E-state index contributed by atoms with van der Waals surface area (Å²) in [6.45, 7) is 0.834.